The molecule has 0 radical (unpaired) electrons. The van der Waals surface area contributed by atoms with Crippen molar-refractivity contribution >= 4 is 17.9 Å². The van der Waals surface area contributed by atoms with Crippen LogP contribution in [0, 0.1) is 0 Å². The monoisotopic (exact) mass is 1140 g/mol. The summed E-state index contributed by atoms with van der Waals surface area (Å²) < 4.78 is 16.8. The highest BCUT2D eigenvalue weighted by molar-refractivity contribution is 5.71. The van der Waals surface area contributed by atoms with Crippen LogP contribution in [0.3, 0.4) is 0 Å². The first-order chi connectivity index (χ1) is 40.5. The van der Waals surface area contributed by atoms with Crippen molar-refractivity contribution in [3.8, 4) is 0 Å². The third-order valence-electron chi connectivity index (χ3n) is 14.7. The third kappa shape index (κ3) is 66.6. The summed E-state index contributed by atoms with van der Waals surface area (Å²) in [5, 5.41) is 0. The second-order valence-corrected chi connectivity index (χ2v) is 22.7. The Bertz CT molecular complexity index is 1690. The van der Waals surface area contributed by atoms with Crippen LogP contribution in [0.5, 0.6) is 0 Å². The van der Waals surface area contributed by atoms with Gasteiger partial charge in [-0.3, -0.25) is 14.4 Å². The number of hydrogen-bond acceptors (Lipinski definition) is 6. The van der Waals surface area contributed by atoms with Gasteiger partial charge in [0, 0.05) is 19.3 Å². The lowest BCUT2D eigenvalue weighted by Crippen LogP contribution is -2.30. The lowest BCUT2D eigenvalue weighted by Gasteiger charge is -2.18. The van der Waals surface area contributed by atoms with Crippen LogP contribution in [0.25, 0.3) is 0 Å². The number of hydrogen-bond donors (Lipinski definition) is 0. The summed E-state index contributed by atoms with van der Waals surface area (Å²) in [5.74, 6) is -0.885. The van der Waals surface area contributed by atoms with Gasteiger partial charge >= 0.3 is 17.9 Å². The topological polar surface area (TPSA) is 78.9 Å². The number of unbranched alkanes of at least 4 members (excludes halogenated alkanes) is 31. The highest BCUT2D eigenvalue weighted by Crippen LogP contribution is 2.17. The molecule has 0 saturated heterocycles. The van der Waals surface area contributed by atoms with Crippen LogP contribution in [-0.4, -0.2) is 37.2 Å². The van der Waals surface area contributed by atoms with Crippen molar-refractivity contribution in [3.05, 3.63) is 122 Å². The third-order valence-corrected chi connectivity index (χ3v) is 14.7. The molecular weight excluding hydrogens is 1010 g/mol. The Kier molecular flexibility index (Phi) is 65.8. The molecule has 0 aromatic carbocycles. The number of allylic oxidation sites excluding steroid dienone is 20. The quantitative estimate of drug-likeness (QED) is 0.0261. The average molecular weight is 1140 g/mol. The molecule has 468 valence electrons. The zero-order valence-electron chi connectivity index (χ0n) is 53.7. The maximum Gasteiger partial charge on any atom is 0.306 e. The minimum atomic E-state index is -0.780. The van der Waals surface area contributed by atoms with E-state index in [1.807, 2.05) is 0 Å². The number of rotatable bonds is 62. The molecule has 0 aliphatic carbocycles. The van der Waals surface area contributed by atoms with Gasteiger partial charge in [-0.05, 0) is 109 Å². The van der Waals surface area contributed by atoms with Gasteiger partial charge in [-0.2, -0.15) is 0 Å². The molecule has 0 rings (SSSR count). The molecule has 0 amide bonds. The summed E-state index contributed by atoms with van der Waals surface area (Å²) >= 11 is 0. The van der Waals surface area contributed by atoms with E-state index in [0.29, 0.717) is 19.3 Å². The van der Waals surface area contributed by atoms with Gasteiger partial charge in [-0.15, -0.1) is 0 Å². The second-order valence-electron chi connectivity index (χ2n) is 22.7. The molecule has 0 aromatic heterocycles. The van der Waals surface area contributed by atoms with Crippen molar-refractivity contribution in [1.29, 1.82) is 0 Å². The van der Waals surface area contributed by atoms with Crippen molar-refractivity contribution in [2.45, 2.75) is 329 Å². The smallest absolute Gasteiger partial charge is 0.306 e. The van der Waals surface area contributed by atoms with Crippen LogP contribution < -0.4 is 0 Å². The Hall–Kier alpha value is -4.19. The summed E-state index contributed by atoms with van der Waals surface area (Å²) in [7, 11) is 0. The molecule has 1 unspecified atom stereocenters. The zero-order valence-corrected chi connectivity index (χ0v) is 53.7. The van der Waals surface area contributed by atoms with Crippen molar-refractivity contribution in [2.24, 2.45) is 0 Å². The van der Waals surface area contributed by atoms with Crippen molar-refractivity contribution in [3.63, 3.8) is 0 Å². The van der Waals surface area contributed by atoms with E-state index in [2.05, 4.69) is 142 Å². The molecule has 0 bridgehead atoms. The van der Waals surface area contributed by atoms with E-state index < -0.39 is 6.10 Å². The van der Waals surface area contributed by atoms with Gasteiger partial charge in [0.1, 0.15) is 13.2 Å². The maximum absolute atomic E-state index is 12.9. The maximum atomic E-state index is 12.9. The Balaban J connectivity index is 4.03. The number of carbonyl (C=O) groups is 3. The van der Waals surface area contributed by atoms with Gasteiger partial charge in [0.25, 0.3) is 0 Å². The van der Waals surface area contributed by atoms with Gasteiger partial charge in [-0.25, -0.2) is 0 Å². The van der Waals surface area contributed by atoms with Crippen molar-refractivity contribution < 1.29 is 28.6 Å². The largest absolute Gasteiger partial charge is 0.462 e. The molecular formula is C76H128O6. The Morgan fingerprint density at radius 3 is 0.744 bits per heavy atom. The second kappa shape index (κ2) is 69.3. The van der Waals surface area contributed by atoms with Gasteiger partial charge in [-0.1, -0.05) is 316 Å². The molecule has 0 aromatic rings. The van der Waals surface area contributed by atoms with E-state index in [1.165, 1.54) is 154 Å². The number of esters is 3. The molecule has 0 N–H and O–H groups in total. The highest BCUT2D eigenvalue weighted by Gasteiger charge is 2.19. The summed E-state index contributed by atoms with van der Waals surface area (Å²) in [6.45, 7) is 6.37. The Labute approximate surface area is 507 Å². The lowest BCUT2D eigenvalue weighted by atomic mass is 10.0. The van der Waals surface area contributed by atoms with E-state index in [0.717, 1.165) is 128 Å². The van der Waals surface area contributed by atoms with Crippen LogP contribution in [0.2, 0.25) is 0 Å². The van der Waals surface area contributed by atoms with Crippen LogP contribution in [0.1, 0.15) is 323 Å². The van der Waals surface area contributed by atoms with E-state index in [1.54, 1.807) is 0 Å². The van der Waals surface area contributed by atoms with Crippen molar-refractivity contribution in [1.82, 2.24) is 0 Å². The predicted octanol–water partition coefficient (Wildman–Crippen LogP) is 23.9. The Morgan fingerprint density at radius 1 is 0.256 bits per heavy atom. The van der Waals surface area contributed by atoms with Gasteiger partial charge in [0.15, 0.2) is 6.10 Å². The van der Waals surface area contributed by atoms with Gasteiger partial charge in [0.05, 0.1) is 0 Å². The average Bonchev–Trinajstić information content (AvgIpc) is 3.47. The molecule has 6 nitrogen and oxygen atoms in total. The predicted molar refractivity (Wildman–Crippen MR) is 357 cm³/mol. The molecule has 0 aliphatic heterocycles. The lowest BCUT2D eigenvalue weighted by molar-refractivity contribution is -0.167. The fourth-order valence-corrected chi connectivity index (χ4v) is 9.62. The van der Waals surface area contributed by atoms with E-state index >= 15 is 0 Å². The van der Waals surface area contributed by atoms with Crippen LogP contribution in [0.4, 0.5) is 0 Å². The SMILES string of the molecule is CC/C=C\C/C=C\C/C=C\C/C=C\C/C=C\CCCCCCCCCCCCCCCCCCCC(=O)OCC(COC(=O)CCCCCCCC)OC(=O)CCCCCCCCCCC/C=C\C/C=C\C/C=C\C/C=C\C/C=C\CC. The first kappa shape index (κ1) is 77.8. The van der Waals surface area contributed by atoms with E-state index in [4.69, 9.17) is 14.2 Å². The fraction of sp³-hybridized carbons (Fsp3) is 0.697. The molecule has 1 atom stereocenters. The molecule has 0 saturated carbocycles. The standard InChI is InChI=1S/C76H128O6/c1-4-7-10-13-16-18-20-22-24-26-28-30-32-34-35-36-37-38-39-40-41-43-44-46-48-50-52-54-56-58-60-63-66-69-75(78)81-72-73(71-80-74(77)68-65-62-15-12-9-6-3)82-76(79)70-67-64-61-59-57-55-53-51-49-47-45-42-33-31-29-27-25-23-21-19-17-14-11-8-5-2/h7-8,10-11,16-19,22-25,28-31,34-35,42,45,73H,4-6,9,12-15,20-21,26-27,32-33,36-41,43-44,46-72H2,1-3H3/b10-7-,11-8-,18-16-,19-17-,24-22-,25-23-,30-28-,31-29-,35-34-,45-42-. The van der Waals surface area contributed by atoms with Gasteiger partial charge in [0.2, 0.25) is 0 Å². The molecule has 0 aliphatic rings. The number of ether oxygens (including phenoxy) is 3. The van der Waals surface area contributed by atoms with Crippen molar-refractivity contribution in [2.75, 3.05) is 13.2 Å². The van der Waals surface area contributed by atoms with Crippen LogP contribution >= 0.6 is 0 Å². The normalized spacial score (nSPS) is 12.9. The summed E-state index contributed by atoms with van der Waals surface area (Å²) in [6.07, 6.45) is 96.9. The van der Waals surface area contributed by atoms with Crippen LogP contribution in [-0.2, 0) is 28.6 Å². The summed E-state index contributed by atoms with van der Waals surface area (Å²) in [4.78, 5) is 38.1. The molecule has 0 heterocycles. The molecule has 0 spiro atoms. The summed E-state index contributed by atoms with van der Waals surface area (Å²) in [5.41, 5.74) is 0. The first-order valence-electron chi connectivity index (χ1n) is 34.5. The highest BCUT2D eigenvalue weighted by atomic mass is 16.6. The molecule has 0 fully saturated rings. The fourth-order valence-electron chi connectivity index (χ4n) is 9.62. The summed E-state index contributed by atoms with van der Waals surface area (Å²) in [6, 6.07) is 0. The first-order valence-corrected chi connectivity index (χ1v) is 34.5. The minimum absolute atomic E-state index is 0.0787. The molecule has 82 heavy (non-hydrogen) atoms. The minimum Gasteiger partial charge on any atom is -0.462 e. The number of carbonyl (C=O) groups excluding carboxylic acids is 3. The van der Waals surface area contributed by atoms with Crippen LogP contribution in [0.15, 0.2) is 122 Å². The zero-order chi connectivity index (χ0) is 59.2. The van der Waals surface area contributed by atoms with E-state index in [-0.39, 0.29) is 31.1 Å². The van der Waals surface area contributed by atoms with Gasteiger partial charge < -0.3 is 14.2 Å². The molecule has 6 heteroatoms. The Morgan fingerprint density at radius 2 is 0.476 bits per heavy atom. The van der Waals surface area contributed by atoms with E-state index in [9.17, 15) is 14.4 Å².